The molecule has 0 bridgehead atoms. The van der Waals surface area contributed by atoms with E-state index in [0.29, 0.717) is 10.9 Å². The highest BCUT2D eigenvalue weighted by Gasteiger charge is 2.48. The lowest BCUT2D eigenvalue weighted by molar-refractivity contribution is -0.271. The van der Waals surface area contributed by atoms with E-state index in [1.54, 1.807) is 13.0 Å². The van der Waals surface area contributed by atoms with Crippen LogP contribution in [0.5, 0.6) is 5.75 Å². The minimum absolute atomic E-state index is 0.123. The number of aliphatic hydroxyl groups excluding tert-OH is 3. The van der Waals surface area contributed by atoms with Crippen LogP contribution in [0, 0.1) is 6.92 Å². The number of aliphatic hydroxyl groups is 3. The van der Waals surface area contributed by atoms with Crippen molar-refractivity contribution in [3.8, 4) is 5.75 Å². The number of aryl methyl sites for hydroxylation is 1. The highest BCUT2D eigenvalue weighted by Crippen LogP contribution is 2.27. The third-order valence-corrected chi connectivity index (χ3v) is 3.99. The molecule has 1 fully saturated rings. The maximum atomic E-state index is 11.5. The van der Waals surface area contributed by atoms with E-state index in [4.69, 9.17) is 19.0 Å². The SMILES string of the molecule is Cc1cc(=O)oc2cc(O[C@@H]3O[C@@H](C(=O)O)[C@H](O)[C@@H](O)[C@@H]3O)ccc12. The van der Waals surface area contributed by atoms with Gasteiger partial charge >= 0.3 is 11.6 Å². The Bertz CT molecular complexity index is 858. The van der Waals surface area contributed by atoms with Gasteiger partial charge in [0.1, 0.15) is 29.6 Å². The van der Waals surface area contributed by atoms with Gasteiger partial charge < -0.3 is 34.3 Å². The maximum absolute atomic E-state index is 11.5. The van der Waals surface area contributed by atoms with E-state index in [2.05, 4.69) is 0 Å². The number of aliphatic carboxylic acids is 1. The van der Waals surface area contributed by atoms with E-state index in [-0.39, 0.29) is 11.3 Å². The zero-order chi connectivity index (χ0) is 18.3. The number of fused-ring (bicyclic) bond motifs is 1. The molecule has 2 heterocycles. The van der Waals surface area contributed by atoms with E-state index in [1.807, 2.05) is 0 Å². The molecule has 25 heavy (non-hydrogen) atoms. The van der Waals surface area contributed by atoms with Crippen LogP contribution in [-0.4, -0.2) is 57.1 Å². The Morgan fingerprint density at radius 2 is 1.84 bits per heavy atom. The van der Waals surface area contributed by atoms with Crippen LogP contribution in [0.2, 0.25) is 0 Å². The molecule has 0 radical (unpaired) electrons. The average molecular weight is 352 g/mol. The summed E-state index contributed by atoms with van der Waals surface area (Å²) in [6.07, 6.45) is -8.53. The van der Waals surface area contributed by atoms with Crippen molar-refractivity contribution < 1.29 is 39.1 Å². The van der Waals surface area contributed by atoms with Crippen molar-refractivity contribution in [2.24, 2.45) is 0 Å². The van der Waals surface area contributed by atoms with Crippen molar-refractivity contribution in [3.05, 3.63) is 40.2 Å². The first kappa shape index (κ1) is 17.4. The number of carbonyl (C=O) groups is 1. The van der Waals surface area contributed by atoms with Crippen molar-refractivity contribution in [2.45, 2.75) is 37.6 Å². The van der Waals surface area contributed by atoms with Crippen molar-refractivity contribution in [2.75, 3.05) is 0 Å². The van der Waals surface area contributed by atoms with Gasteiger partial charge in [0.2, 0.25) is 6.29 Å². The summed E-state index contributed by atoms with van der Waals surface area (Å²) in [5, 5.41) is 39.1. The molecule has 9 nitrogen and oxygen atoms in total. The second kappa shape index (κ2) is 6.45. The average Bonchev–Trinajstić information content (AvgIpc) is 2.54. The summed E-state index contributed by atoms with van der Waals surface area (Å²) in [6, 6.07) is 5.86. The van der Waals surface area contributed by atoms with E-state index < -0.39 is 42.3 Å². The predicted octanol–water partition coefficient (Wildman–Crippen LogP) is -0.628. The van der Waals surface area contributed by atoms with E-state index in [9.17, 15) is 24.9 Å². The molecule has 0 spiro atoms. The lowest BCUT2D eigenvalue weighted by Crippen LogP contribution is -2.61. The summed E-state index contributed by atoms with van der Waals surface area (Å²) in [7, 11) is 0. The van der Waals surface area contributed by atoms with Crippen LogP contribution in [0.3, 0.4) is 0 Å². The fourth-order valence-electron chi connectivity index (χ4n) is 2.66. The summed E-state index contributed by atoms with van der Waals surface area (Å²) in [5.74, 6) is -1.38. The number of hydrogen-bond donors (Lipinski definition) is 4. The van der Waals surface area contributed by atoms with Gasteiger partial charge in [-0.1, -0.05) is 0 Å². The van der Waals surface area contributed by atoms with Crippen molar-refractivity contribution >= 4 is 16.9 Å². The zero-order valence-electron chi connectivity index (χ0n) is 13.0. The second-order valence-corrected chi connectivity index (χ2v) is 5.76. The quantitative estimate of drug-likeness (QED) is 0.530. The Kier molecular flexibility index (Phi) is 4.48. The van der Waals surface area contributed by atoms with E-state index in [0.717, 1.165) is 0 Å². The molecule has 2 aromatic rings. The topological polar surface area (TPSA) is 147 Å². The molecule has 1 aliphatic heterocycles. The Balaban J connectivity index is 1.89. The van der Waals surface area contributed by atoms with Crippen LogP contribution in [-0.2, 0) is 9.53 Å². The monoisotopic (exact) mass is 352 g/mol. The van der Waals surface area contributed by atoms with Gasteiger partial charge in [0.25, 0.3) is 0 Å². The first-order chi connectivity index (χ1) is 11.8. The molecule has 9 heteroatoms. The van der Waals surface area contributed by atoms with Gasteiger partial charge in [0.05, 0.1) is 0 Å². The third kappa shape index (κ3) is 3.22. The van der Waals surface area contributed by atoms with Crippen molar-refractivity contribution in [1.29, 1.82) is 0 Å². The highest BCUT2D eigenvalue weighted by atomic mass is 16.7. The molecule has 1 aromatic carbocycles. The molecule has 5 atom stereocenters. The third-order valence-electron chi connectivity index (χ3n) is 3.99. The van der Waals surface area contributed by atoms with Crippen LogP contribution in [0.1, 0.15) is 5.56 Å². The van der Waals surface area contributed by atoms with Crippen molar-refractivity contribution in [3.63, 3.8) is 0 Å². The maximum Gasteiger partial charge on any atom is 0.336 e. The minimum atomic E-state index is -1.80. The zero-order valence-corrected chi connectivity index (χ0v) is 13.0. The molecule has 0 unspecified atom stereocenters. The lowest BCUT2D eigenvalue weighted by atomic mass is 9.99. The van der Waals surface area contributed by atoms with Gasteiger partial charge in [-0.2, -0.15) is 0 Å². The van der Waals surface area contributed by atoms with Crippen LogP contribution in [0.4, 0.5) is 0 Å². The molecule has 4 N–H and O–H groups in total. The molecular weight excluding hydrogens is 336 g/mol. The Hall–Kier alpha value is -2.46. The number of carboxylic acids is 1. The van der Waals surface area contributed by atoms with Crippen LogP contribution in [0.25, 0.3) is 11.0 Å². The molecule has 0 aliphatic carbocycles. The van der Waals surface area contributed by atoms with Gasteiger partial charge in [-0.25, -0.2) is 9.59 Å². The summed E-state index contributed by atoms with van der Waals surface area (Å²) >= 11 is 0. The van der Waals surface area contributed by atoms with E-state index >= 15 is 0 Å². The fourth-order valence-corrected chi connectivity index (χ4v) is 2.66. The standard InChI is InChI=1S/C16H16O9/c1-6-4-10(17)24-9-5-7(2-3-8(6)9)23-16-13(20)11(18)12(19)14(25-16)15(21)22/h2-5,11-14,16,18-20H,1H3,(H,21,22)/t11-,12-,13+,14-,16-/m1/s1. The summed E-state index contributed by atoms with van der Waals surface area (Å²) in [5.41, 5.74) is 0.403. The minimum Gasteiger partial charge on any atom is -0.479 e. The normalized spacial score (nSPS) is 29.5. The van der Waals surface area contributed by atoms with Gasteiger partial charge in [-0.3, -0.25) is 0 Å². The van der Waals surface area contributed by atoms with Gasteiger partial charge in [-0.15, -0.1) is 0 Å². The van der Waals surface area contributed by atoms with Crippen LogP contribution < -0.4 is 10.4 Å². The number of benzene rings is 1. The summed E-state index contributed by atoms with van der Waals surface area (Å²) < 4.78 is 15.5. The van der Waals surface area contributed by atoms with Gasteiger partial charge in [-0.05, 0) is 24.6 Å². The number of carboxylic acid groups (broad SMARTS) is 1. The summed E-state index contributed by atoms with van der Waals surface area (Å²) in [6.45, 7) is 1.74. The molecule has 1 saturated heterocycles. The van der Waals surface area contributed by atoms with Crippen LogP contribution >= 0.6 is 0 Å². The number of hydrogen-bond acceptors (Lipinski definition) is 8. The van der Waals surface area contributed by atoms with Crippen LogP contribution in [0.15, 0.2) is 33.5 Å². The molecule has 3 rings (SSSR count). The van der Waals surface area contributed by atoms with Gasteiger partial charge in [0, 0.05) is 17.5 Å². The Labute approximate surface area is 140 Å². The first-order valence-corrected chi connectivity index (χ1v) is 7.41. The largest absolute Gasteiger partial charge is 0.479 e. The van der Waals surface area contributed by atoms with Crippen molar-refractivity contribution in [1.82, 2.24) is 0 Å². The second-order valence-electron chi connectivity index (χ2n) is 5.76. The lowest BCUT2D eigenvalue weighted by Gasteiger charge is -2.38. The van der Waals surface area contributed by atoms with E-state index in [1.165, 1.54) is 18.2 Å². The molecule has 1 aromatic heterocycles. The molecule has 0 saturated carbocycles. The highest BCUT2D eigenvalue weighted by molar-refractivity contribution is 5.81. The first-order valence-electron chi connectivity index (χ1n) is 7.41. The number of ether oxygens (including phenoxy) is 2. The predicted molar refractivity (Wildman–Crippen MR) is 82.2 cm³/mol. The Morgan fingerprint density at radius 1 is 1.12 bits per heavy atom. The molecule has 0 amide bonds. The van der Waals surface area contributed by atoms with Gasteiger partial charge in [0.15, 0.2) is 6.10 Å². The molecule has 134 valence electrons. The molecular formula is C16H16O9. The summed E-state index contributed by atoms with van der Waals surface area (Å²) in [4.78, 5) is 22.5. The fraction of sp³-hybridized carbons (Fsp3) is 0.375. The smallest absolute Gasteiger partial charge is 0.336 e. The number of rotatable bonds is 3. The Morgan fingerprint density at radius 3 is 2.52 bits per heavy atom. The molecule has 1 aliphatic rings.